The van der Waals surface area contributed by atoms with E-state index in [4.69, 9.17) is 0 Å². The van der Waals surface area contributed by atoms with E-state index in [1.807, 2.05) is 30.6 Å². The zero-order valence-electron chi connectivity index (χ0n) is 9.31. The highest BCUT2D eigenvalue weighted by atomic mass is 79.9. The van der Waals surface area contributed by atoms with E-state index < -0.39 is 0 Å². The van der Waals surface area contributed by atoms with Crippen LogP contribution in [-0.2, 0) is 0 Å². The van der Waals surface area contributed by atoms with Crippen LogP contribution in [-0.4, -0.2) is 15.0 Å². The third-order valence-electron chi connectivity index (χ3n) is 3.15. The van der Waals surface area contributed by atoms with Gasteiger partial charge in [-0.15, -0.1) is 0 Å². The largest absolute Gasteiger partial charge is 0.353 e. The van der Waals surface area contributed by atoms with Crippen molar-refractivity contribution in [2.75, 3.05) is 0 Å². The molecule has 0 atom stereocenters. The van der Waals surface area contributed by atoms with Crippen LogP contribution in [0, 0.1) is 0 Å². The molecule has 1 N–H and O–H groups in total. The molecule has 0 aliphatic rings. The van der Waals surface area contributed by atoms with Gasteiger partial charge in [0.25, 0.3) is 0 Å². The first-order valence-electron chi connectivity index (χ1n) is 5.63. The van der Waals surface area contributed by atoms with Crippen LogP contribution >= 0.6 is 15.9 Å². The fourth-order valence-electron chi connectivity index (χ4n) is 2.39. The summed E-state index contributed by atoms with van der Waals surface area (Å²) in [6.07, 6.45) is 3.64. The SMILES string of the molecule is Brc1cnc2c(c1)[nH]c1ccc3ncccc3c12. The molecule has 0 fully saturated rings. The van der Waals surface area contributed by atoms with Crippen molar-refractivity contribution in [1.82, 2.24) is 15.0 Å². The number of fused-ring (bicyclic) bond motifs is 5. The summed E-state index contributed by atoms with van der Waals surface area (Å²) in [6.45, 7) is 0. The number of hydrogen-bond acceptors (Lipinski definition) is 2. The minimum atomic E-state index is 0.976. The summed E-state index contributed by atoms with van der Waals surface area (Å²) in [7, 11) is 0. The van der Waals surface area contributed by atoms with Gasteiger partial charge in [-0.3, -0.25) is 9.97 Å². The van der Waals surface area contributed by atoms with Crippen LogP contribution in [0.25, 0.3) is 32.8 Å². The lowest BCUT2D eigenvalue weighted by Crippen LogP contribution is -1.79. The summed E-state index contributed by atoms with van der Waals surface area (Å²) in [5.41, 5.74) is 4.12. The highest BCUT2D eigenvalue weighted by Gasteiger charge is 2.09. The highest BCUT2D eigenvalue weighted by Crippen LogP contribution is 2.30. The first kappa shape index (κ1) is 10.0. The number of pyridine rings is 2. The molecule has 18 heavy (non-hydrogen) atoms. The molecule has 1 aromatic carbocycles. The van der Waals surface area contributed by atoms with Gasteiger partial charge in [-0.05, 0) is 40.2 Å². The van der Waals surface area contributed by atoms with E-state index >= 15 is 0 Å². The molecule has 0 saturated carbocycles. The fourth-order valence-corrected chi connectivity index (χ4v) is 2.72. The maximum Gasteiger partial charge on any atom is 0.0965 e. The second-order valence-corrected chi connectivity index (χ2v) is 5.15. The first-order valence-corrected chi connectivity index (χ1v) is 6.43. The maximum atomic E-state index is 4.51. The van der Waals surface area contributed by atoms with Gasteiger partial charge in [0.15, 0.2) is 0 Å². The number of H-pyrrole nitrogens is 1. The number of aromatic nitrogens is 3. The molecular formula is C14H8BrN3. The number of aromatic amines is 1. The van der Waals surface area contributed by atoms with Gasteiger partial charge < -0.3 is 4.98 Å². The zero-order valence-corrected chi connectivity index (χ0v) is 10.9. The van der Waals surface area contributed by atoms with Crippen molar-refractivity contribution in [2.24, 2.45) is 0 Å². The van der Waals surface area contributed by atoms with E-state index in [1.165, 1.54) is 0 Å². The number of rotatable bonds is 0. The Kier molecular flexibility index (Phi) is 1.96. The molecule has 4 rings (SSSR count). The summed E-state index contributed by atoms with van der Waals surface area (Å²) in [6, 6.07) is 10.2. The summed E-state index contributed by atoms with van der Waals surface area (Å²) in [5.74, 6) is 0. The molecule has 3 heterocycles. The lowest BCUT2D eigenvalue weighted by atomic mass is 10.1. The van der Waals surface area contributed by atoms with Crippen LogP contribution in [0.15, 0.2) is 47.2 Å². The van der Waals surface area contributed by atoms with Gasteiger partial charge in [0.1, 0.15) is 0 Å². The lowest BCUT2D eigenvalue weighted by Gasteiger charge is -1.98. The van der Waals surface area contributed by atoms with Crippen LogP contribution in [0.5, 0.6) is 0 Å². The van der Waals surface area contributed by atoms with E-state index in [2.05, 4.69) is 43.0 Å². The molecule has 0 saturated heterocycles. The van der Waals surface area contributed by atoms with Crippen molar-refractivity contribution in [2.45, 2.75) is 0 Å². The van der Waals surface area contributed by atoms with Crippen LogP contribution < -0.4 is 0 Å². The Morgan fingerprint density at radius 2 is 2.00 bits per heavy atom. The van der Waals surface area contributed by atoms with Crippen molar-refractivity contribution in [3.8, 4) is 0 Å². The molecule has 3 aromatic heterocycles. The molecular weight excluding hydrogens is 290 g/mol. The Labute approximate surface area is 111 Å². The van der Waals surface area contributed by atoms with Crippen LogP contribution in [0.4, 0.5) is 0 Å². The first-order chi connectivity index (χ1) is 8.83. The second kappa shape index (κ2) is 3.53. The van der Waals surface area contributed by atoms with Gasteiger partial charge in [0.05, 0.1) is 16.6 Å². The van der Waals surface area contributed by atoms with Gasteiger partial charge in [0.2, 0.25) is 0 Å². The number of benzene rings is 1. The second-order valence-electron chi connectivity index (χ2n) is 4.23. The van der Waals surface area contributed by atoms with E-state index in [0.29, 0.717) is 0 Å². The van der Waals surface area contributed by atoms with Crippen molar-refractivity contribution in [1.29, 1.82) is 0 Å². The number of hydrogen-bond donors (Lipinski definition) is 1. The van der Waals surface area contributed by atoms with Gasteiger partial charge in [-0.2, -0.15) is 0 Å². The van der Waals surface area contributed by atoms with E-state index in [0.717, 1.165) is 37.3 Å². The van der Waals surface area contributed by atoms with E-state index in [-0.39, 0.29) is 0 Å². The molecule has 86 valence electrons. The summed E-state index contributed by atoms with van der Waals surface area (Å²) >= 11 is 3.44. The molecule has 0 aliphatic heterocycles. The zero-order chi connectivity index (χ0) is 12.1. The predicted octanol–water partition coefficient (Wildman–Crippen LogP) is 4.03. The number of nitrogens with one attached hydrogen (secondary N) is 1. The molecule has 0 bridgehead atoms. The third kappa shape index (κ3) is 1.29. The van der Waals surface area contributed by atoms with Crippen LogP contribution in [0.3, 0.4) is 0 Å². The summed E-state index contributed by atoms with van der Waals surface area (Å²) in [5, 5.41) is 2.28. The monoisotopic (exact) mass is 297 g/mol. The van der Waals surface area contributed by atoms with E-state index in [9.17, 15) is 0 Å². The minimum Gasteiger partial charge on any atom is -0.353 e. The molecule has 0 aliphatic carbocycles. The average molecular weight is 298 g/mol. The average Bonchev–Trinajstić information content (AvgIpc) is 2.76. The van der Waals surface area contributed by atoms with Gasteiger partial charge in [-0.1, -0.05) is 6.07 Å². The maximum absolute atomic E-state index is 4.51. The van der Waals surface area contributed by atoms with Crippen molar-refractivity contribution < 1.29 is 0 Å². The third-order valence-corrected chi connectivity index (χ3v) is 3.58. The lowest BCUT2D eigenvalue weighted by molar-refractivity contribution is 1.39. The predicted molar refractivity (Wildman–Crippen MR) is 76.6 cm³/mol. The summed E-state index contributed by atoms with van der Waals surface area (Å²) in [4.78, 5) is 12.3. The highest BCUT2D eigenvalue weighted by molar-refractivity contribution is 9.10. The molecule has 0 spiro atoms. The molecule has 3 nitrogen and oxygen atoms in total. The topological polar surface area (TPSA) is 41.6 Å². The van der Waals surface area contributed by atoms with Crippen molar-refractivity contribution in [3.05, 3.63) is 47.2 Å². The Morgan fingerprint density at radius 3 is 2.94 bits per heavy atom. The van der Waals surface area contributed by atoms with E-state index in [1.54, 1.807) is 0 Å². The van der Waals surface area contributed by atoms with Crippen molar-refractivity contribution >= 4 is 48.8 Å². The molecule has 0 unspecified atom stereocenters. The van der Waals surface area contributed by atoms with Crippen molar-refractivity contribution in [3.63, 3.8) is 0 Å². The molecule has 4 aromatic rings. The normalized spacial score (nSPS) is 11.6. The Hall–Kier alpha value is -1.94. The van der Waals surface area contributed by atoms with Crippen LogP contribution in [0.2, 0.25) is 0 Å². The Morgan fingerprint density at radius 1 is 1.06 bits per heavy atom. The Balaban J connectivity index is 2.33. The molecule has 4 heteroatoms. The smallest absolute Gasteiger partial charge is 0.0965 e. The number of halogens is 1. The quantitative estimate of drug-likeness (QED) is 0.532. The molecule has 0 radical (unpaired) electrons. The molecule has 0 amide bonds. The number of nitrogens with zero attached hydrogens (tertiary/aromatic N) is 2. The standard InChI is InChI=1S/C14H8BrN3/c15-8-6-12-14(17-7-8)13-9-2-1-5-16-10(9)3-4-11(13)18-12/h1-7,18H. The minimum absolute atomic E-state index is 0.976. The fraction of sp³-hybridized carbons (Fsp3) is 0. The van der Waals surface area contributed by atoms with Crippen LogP contribution in [0.1, 0.15) is 0 Å². The van der Waals surface area contributed by atoms with Gasteiger partial charge >= 0.3 is 0 Å². The van der Waals surface area contributed by atoms with Gasteiger partial charge in [0, 0.05) is 33.2 Å². The van der Waals surface area contributed by atoms with Gasteiger partial charge in [-0.25, -0.2) is 0 Å². The Bertz CT molecular complexity index is 895. The summed E-state index contributed by atoms with van der Waals surface area (Å²) < 4.78 is 0.976.